The van der Waals surface area contributed by atoms with Gasteiger partial charge in [0.05, 0.1) is 11.9 Å². The highest BCUT2D eigenvalue weighted by Crippen LogP contribution is 2.15. The van der Waals surface area contributed by atoms with Crippen LogP contribution >= 0.6 is 0 Å². The Morgan fingerprint density at radius 3 is 2.71 bits per heavy atom. The first-order chi connectivity index (χ1) is 10.2. The van der Waals surface area contributed by atoms with Gasteiger partial charge < -0.3 is 5.32 Å². The number of hydrogen-bond acceptors (Lipinski definition) is 3. The van der Waals surface area contributed by atoms with Crippen molar-refractivity contribution in [2.24, 2.45) is 0 Å². The van der Waals surface area contributed by atoms with Crippen molar-refractivity contribution in [2.75, 3.05) is 11.5 Å². The molecule has 4 nitrogen and oxygen atoms in total. The zero-order valence-electron chi connectivity index (χ0n) is 12.3. The third-order valence-electron chi connectivity index (χ3n) is 3.99. The number of aryl methyl sites for hydroxylation is 1. The van der Waals surface area contributed by atoms with E-state index in [4.69, 9.17) is 0 Å². The van der Waals surface area contributed by atoms with E-state index >= 15 is 0 Å². The van der Waals surface area contributed by atoms with Gasteiger partial charge in [-0.15, -0.1) is 0 Å². The van der Waals surface area contributed by atoms with Gasteiger partial charge in [0.25, 0.3) is 0 Å². The molecule has 0 radical (unpaired) electrons. The van der Waals surface area contributed by atoms with Crippen LogP contribution in [0.15, 0.2) is 36.5 Å². The second-order valence-electron chi connectivity index (χ2n) is 5.47. The molecular weight excluding hydrogens is 282 g/mol. The van der Waals surface area contributed by atoms with E-state index in [-0.39, 0.29) is 0 Å². The van der Waals surface area contributed by atoms with Crippen molar-refractivity contribution >= 4 is 10.8 Å². The summed E-state index contributed by atoms with van der Waals surface area (Å²) < 4.78 is 13.6. The van der Waals surface area contributed by atoms with E-state index in [0.29, 0.717) is 6.04 Å². The van der Waals surface area contributed by atoms with Crippen LogP contribution in [0.4, 0.5) is 0 Å². The highest BCUT2D eigenvalue weighted by molar-refractivity contribution is 7.85. The van der Waals surface area contributed by atoms with Gasteiger partial charge in [-0.1, -0.05) is 18.2 Å². The number of rotatable bonds is 4. The average Bonchev–Trinajstić information content (AvgIpc) is 2.88. The third-order valence-corrected chi connectivity index (χ3v) is 5.37. The zero-order valence-corrected chi connectivity index (χ0v) is 13.1. The lowest BCUT2D eigenvalue weighted by atomic mass is 10.1. The summed E-state index contributed by atoms with van der Waals surface area (Å²) in [6.07, 6.45) is 3.95. The smallest absolute Gasteiger partial charge is 0.110 e. The summed E-state index contributed by atoms with van der Waals surface area (Å²) in [5.74, 6) is 2.66. The van der Waals surface area contributed by atoms with Gasteiger partial charge in [-0.3, -0.25) is 8.78 Å². The van der Waals surface area contributed by atoms with E-state index in [1.165, 1.54) is 5.69 Å². The molecule has 2 heterocycles. The van der Waals surface area contributed by atoms with Crippen LogP contribution in [-0.2, 0) is 17.3 Å². The number of aromatic nitrogens is 2. The van der Waals surface area contributed by atoms with E-state index in [0.717, 1.165) is 42.4 Å². The molecule has 0 unspecified atom stereocenters. The lowest BCUT2D eigenvalue weighted by Gasteiger charge is -2.23. The molecule has 0 amide bonds. The fraction of sp³-hybridized carbons (Fsp3) is 0.438. The fourth-order valence-corrected chi connectivity index (χ4v) is 4.09. The lowest BCUT2D eigenvalue weighted by Crippen LogP contribution is -2.35. The van der Waals surface area contributed by atoms with Crippen LogP contribution in [0.3, 0.4) is 0 Å². The molecule has 3 rings (SSSR count). The van der Waals surface area contributed by atoms with E-state index < -0.39 is 10.8 Å². The Balaban J connectivity index is 1.70. The normalized spacial score (nSPS) is 22.3. The molecule has 0 aliphatic carbocycles. The molecule has 0 spiro atoms. The molecule has 0 bridgehead atoms. The highest BCUT2D eigenvalue weighted by Gasteiger charge is 2.18. The first-order valence-electron chi connectivity index (χ1n) is 7.41. The van der Waals surface area contributed by atoms with Crippen molar-refractivity contribution in [3.63, 3.8) is 0 Å². The third kappa shape index (κ3) is 3.41. The molecule has 1 aromatic heterocycles. The molecule has 2 aromatic rings. The van der Waals surface area contributed by atoms with Crippen LogP contribution in [-0.4, -0.2) is 31.3 Å². The molecule has 1 aliphatic rings. The van der Waals surface area contributed by atoms with Crippen molar-refractivity contribution < 1.29 is 4.21 Å². The van der Waals surface area contributed by atoms with Crippen LogP contribution in [0, 0.1) is 6.92 Å². The van der Waals surface area contributed by atoms with E-state index in [1.54, 1.807) is 0 Å². The largest absolute Gasteiger partial charge is 0.308 e. The summed E-state index contributed by atoms with van der Waals surface area (Å²) in [6, 6.07) is 10.8. The predicted octanol–water partition coefficient (Wildman–Crippen LogP) is 2.18. The Hall–Kier alpha value is -1.46. The molecule has 5 heteroatoms. The van der Waals surface area contributed by atoms with Gasteiger partial charge >= 0.3 is 0 Å². The average molecular weight is 303 g/mol. The molecule has 1 saturated heterocycles. The van der Waals surface area contributed by atoms with Crippen molar-refractivity contribution in [1.82, 2.24) is 14.9 Å². The Bertz CT molecular complexity index is 614. The van der Waals surface area contributed by atoms with Gasteiger partial charge in [0.2, 0.25) is 0 Å². The number of nitrogens with one attached hydrogen (secondary N) is 1. The fourth-order valence-electron chi connectivity index (χ4n) is 2.79. The quantitative estimate of drug-likeness (QED) is 0.942. The standard InChI is InChI=1S/C16H21N3OS/c1-13-17-11-16(19(13)15-5-3-2-4-6-15)12-18-14-7-9-21(20)10-8-14/h2-6,11,14,18H,7-10,12H2,1H3. The van der Waals surface area contributed by atoms with Crippen molar-refractivity contribution in [1.29, 1.82) is 0 Å². The molecule has 1 aliphatic heterocycles. The maximum absolute atomic E-state index is 11.4. The zero-order chi connectivity index (χ0) is 14.7. The number of hydrogen-bond donors (Lipinski definition) is 1. The van der Waals surface area contributed by atoms with Gasteiger partial charge in [0.15, 0.2) is 0 Å². The Morgan fingerprint density at radius 1 is 1.29 bits per heavy atom. The first-order valence-corrected chi connectivity index (χ1v) is 8.90. The molecule has 0 saturated carbocycles. The summed E-state index contributed by atoms with van der Waals surface area (Å²) in [6.45, 7) is 2.83. The van der Waals surface area contributed by atoms with Crippen molar-refractivity contribution in [3.05, 3.63) is 48.0 Å². The Labute approximate surface area is 128 Å². The monoisotopic (exact) mass is 303 g/mol. The summed E-state index contributed by atoms with van der Waals surface area (Å²) in [5.41, 5.74) is 2.32. The van der Waals surface area contributed by atoms with Gasteiger partial charge in [0.1, 0.15) is 5.82 Å². The maximum atomic E-state index is 11.4. The first kappa shape index (κ1) is 14.5. The van der Waals surface area contributed by atoms with Crippen LogP contribution in [0.25, 0.3) is 5.69 Å². The highest BCUT2D eigenvalue weighted by atomic mass is 32.2. The number of benzene rings is 1. The van der Waals surface area contributed by atoms with E-state index in [1.807, 2.05) is 31.3 Å². The van der Waals surface area contributed by atoms with Gasteiger partial charge in [0, 0.05) is 40.6 Å². The van der Waals surface area contributed by atoms with Crippen LogP contribution in [0.1, 0.15) is 24.4 Å². The van der Waals surface area contributed by atoms with Gasteiger partial charge in [-0.2, -0.15) is 0 Å². The van der Waals surface area contributed by atoms with E-state index in [9.17, 15) is 4.21 Å². The molecular formula is C16H21N3OS. The maximum Gasteiger partial charge on any atom is 0.110 e. The molecule has 1 aromatic carbocycles. The lowest BCUT2D eigenvalue weighted by molar-refractivity contribution is 0.470. The van der Waals surface area contributed by atoms with Gasteiger partial charge in [-0.25, -0.2) is 4.98 Å². The summed E-state index contributed by atoms with van der Waals surface area (Å²) in [5, 5.41) is 3.59. The second kappa shape index (κ2) is 6.54. The Kier molecular flexibility index (Phi) is 4.51. The van der Waals surface area contributed by atoms with Crippen LogP contribution < -0.4 is 5.32 Å². The minimum atomic E-state index is -0.596. The number of nitrogens with zero attached hydrogens (tertiary/aromatic N) is 2. The second-order valence-corrected chi connectivity index (χ2v) is 7.17. The van der Waals surface area contributed by atoms with E-state index in [2.05, 4.69) is 27.0 Å². The molecule has 1 fully saturated rings. The number of imidazole rings is 1. The summed E-state index contributed by atoms with van der Waals surface area (Å²) in [7, 11) is -0.596. The summed E-state index contributed by atoms with van der Waals surface area (Å²) >= 11 is 0. The van der Waals surface area contributed by atoms with Gasteiger partial charge in [-0.05, 0) is 31.9 Å². The SMILES string of the molecule is Cc1ncc(CNC2CCS(=O)CC2)n1-c1ccccc1. The topological polar surface area (TPSA) is 46.9 Å². The minimum Gasteiger partial charge on any atom is -0.308 e. The van der Waals surface area contributed by atoms with Crippen molar-refractivity contribution in [2.45, 2.75) is 32.4 Å². The molecule has 21 heavy (non-hydrogen) atoms. The number of para-hydroxylation sites is 1. The Morgan fingerprint density at radius 2 is 2.00 bits per heavy atom. The predicted molar refractivity (Wildman–Crippen MR) is 86.0 cm³/mol. The minimum absolute atomic E-state index is 0.474. The molecule has 1 N–H and O–H groups in total. The summed E-state index contributed by atoms with van der Waals surface area (Å²) in [4.78, 5) is 4.44. The molecule has 112 valence electrons. The van der Waals surface area contributed by atoms with Crippen molar-refractivity contribution in [3.8, 4) is 5.69 Å². The molecule has 0 atom stereocenters. The van der Waals surface area contributed by atoms with Crippen LogP contribution in [0.2, 0.25) is 0 Å². The van der Waals surface area contributed by atoms with Crippen LogP contribution in [0.5, 0.6) is 0 Å².